The summed E-state index contributed by atoms with van der Waals surface area (Å²) >= 11 is 0. The second-order valence-electron chi connectivity index (χ2n) is 9.85. The second-order valence-corrected chi connectivity index (χ2v) is 9.85. The zero-order chi connectivity index (χ0) is 23.6. The van der Waals surface area contributed by atoms with E-state index in [0.29, 0.717) is 17.8 Å². The topological polar surface area (TPSA) is 110 Å². The third-order valence-electron chi connectivity index (χ3n) is 7.34. The summed E-state index contributed by atoms with van der Waals surface area (Å²) in [6, 6.07) is 10.5. The van der Waals surface area contributed by atoms with Gasteiger partial charge in [-0.2, -0.15) is 10.1 Å². The number of likely N-dealkylation sites (tertiary alicyclic amines) is 1. The van der Waals surface area contributed by atoms with E-state index in [0.717, 1.165) is 73.8 Å². The number of aromatic nitrogens is 5. The molecule has 1 saturated heterocycles. The number of rotatable bonds is 6. The fraction of sp³-hybridized carbons (Fsp3) is 0.462. The van der Waals surface area contributed by atoms with E-state index in [1.54, 1.807) is 6.33 Å². The number of piperidine rings is 1. The van der Waals surface area contributed by atoms with Crippen LogP contribution in [0.2, 0.25) is 0 Å². The van der Waals surface area contributed by atoms with E-state index >= 15 is 0 Å². The largest absolute Gasteiger partial charge is 0.339 e. The van der Waals surface area contributed by atoms with E-state index in [1.807, 2.05) is 35.0 Å². The first-order chi connectivity index (χ1) is 17.2. The summed E-state index contributed by atoms with van der Waals surface area (Å²) in [6.45, 7) is 2.90. The molecule has 3 aromatic heterocycles. The summed E-state index contributed by atoms with van der Waals surface area (Å²) in [5, 5.41) is 12.2. The van der Waals surface area contributed by atoms with Crippen LogP contribution in [0.15, 0.2) is 47.4 Å². The van der Waals surface area contributed by atoms with Crippen LogP contribution in [0, 0.1) is 0 Å². The van der Waals surface area contributed by atoms with Crippen molar-refractivity contribution in [1.29, 1.82) is 0 Å². The number of nitrogens with zero attached hydrogens (tertiary/aromatic N) is 6. The highest BCUT2D eigenvalue weighted by Crippen LogP contribution is 2.33. The van der Waals surface area contributed by atoms with Gasteiger partial charge in [0, 0.05) is 36.0 Å². The molecule has 3 N–H and O–H groups in total. The summed E-state index contributed by atoms with van der Waals surface area (Å²) in [4.78, 5) is 11.8. The molecule has 0 radical (unpaired) electrons. The van der Waals surface area contributed by atoms with Crippen LogP contribution in [0.25, 0.3) is 16.9 Å². The Bertz CT molecular complexity index is 1280. The van der Waals surface area contributed by atoms with Gasteiger partial charge in [-0.05, 0) is 62.5 Å². The van der Waals surface area contributed by atoms with Gasteiger partial charge in [-0.1, -0.05) is 36.6 Å². The minimum absolute atomic E-state index is 0.322. The Morgan fingerprint density at radius 1 is 1.06 bits per heavy atom. The molecule has 4 aromatic rings. The van der Waals surface area contributed by atoms with Crippen molar-refractivity contribution in [3.63, 3.8) is 0 Å². The number of anilines is 2. The van der Waals surface area contributed by atoms with Crippen molar-refractivity contribution in [3.8, 4) is 11.4 Å². The van der Waals surface area contributed by atoms with Crippen LogP contribution < -0.4 is 11.1 Å². The van der Waals surface area contributed by atoms with E-state index in [-0.39, 0.29) is 0 Å². The average Bonchev–Trinajstić information content (AvgIpc) is 3.55. The van der Waals surface area contributed by atoms with Gasteiger partial charge in [-0.25, -0.2) is 9.50 Å². The minimum Gasteiger partial charge on any atom is -0.339 e. The highest BCUT2D eigenvalue weighted by Gasteiger charge is 2.22. The molecule has 0 unspecified atom stereocenters. The maximum absolute atomic E-state index is 6.09. The predicted molar refractivity (Wildman–Crippen MR) is 134 cm³/mol. The monoisotopic (exact) mass is 472 g/mol. The first-order valence-corrected chi connectivity index (χ1v) is 12.7. The summed E-state index contributed by atoms with van der Waals surface area (Å²) < 4.78 is 7.53. The third kappa shape index (κ3) is 4.78. The van der Waals surface area contributed by atoms with Gasteiger partial charge >= 0.3 is 0 Å². The van der Waals surface area contributed by atoms with Gasteiger partial charge in [-0.3, -0.25) is 4.90 Å². The van der Waals surface area contributed by atoms with Gasteiger partial charge in [-0.15, -0.1) is 0 Å². The molecule has 0 spiro atoms. The fourth-order valence-electron chi connectivity index (χ4n) is 5.33. The van der Waals surface area contributed by atoms with Crippen molar-refractivity contribution in [3.05, 3.63) is 54.3 Å². The van der Waals surface area contributed by atoms with Crippen LogP contribution in [0.3, 0.4) is 0 Å². The molecule has 1 aromatic carbocycles. The maximum Gasteiger partial charge on any atom is 0.230 e. The van der Waals surface area contributed by atoms with Crippen LogP contribution in [-0.2, 0) is 6.54 Å². The SMILES string of the molecule is NC1CCN(Cc2ccn3ncnc(Nc4cccc(-c5noc(C6CCCCC6)n5)c4)c23)CC1. The van der Waals surface area contributed by atoms with Crippen LogP contribution in [0.5, 0.6) is 0 Å². The molecular formula is C26H32N8O. The lowest BCUT2D eigenvalue weighted by Crippen LogP contribution is -2.39. The van der Waals surface area contributed by atoms with E-state index < -0.39 is 0 Å². The predicted octanol–water partition coefficient (Wildman–Crippen LogP) is 4.49. The Labute approximate surface area is 204 Å². The van der Waals surface area contributed by atoms with Crippen molar-refractivity contribution in [1.82, 2.24) is 29.6 Å². The van der Waals surface area contributed by atoms with Crippen LogP contribution >= 0.6 is 0 Å². The second kappa shape index (κ2) is 9.75. The van der Waals surface area contributed by atoms with Crippen LogP contribution in [0.4, 0.5) is 11.5 Å². The van der Waals surface area contributed by atoms with Crippen molar-refractivity contribution in [2.75, 3.05) is 18.4 Å². The number of benzene rings is 1. The number of nitrogens with two attached hydrogens (primary N) is 1. The smallest absolute Gasteiger partial charge is 0.230 e. The van der Waals surface area contributed by atoms with E-state index in [2.05, 4.69) is 31.5 Å². The van der Waals surface area contributed by atoms with Crippen molar-refractivity contribution < 1.29 is 4.52 Å². The van der Waals surface area contributed by atoms with E-state index in [1.165, 1.54) is 24.8 Å². The summed E-state index contributed by atoms with van der Waals surface area (Å²) in [6.07, 6.45) is 11.7. The number of nitrogens with one attached hydrogen (secondary N) is 1. The van der Waals surface area contributed by atoms with Gasteiger partial charge < -0.3 is 15.6 Å². The average molecular weight is 473 g/mol. The molecule has 1 aliphatic heterocycles. The highest BCUT2D eigenvalue weighted by atomic mass is 16.5. The Morgan fingerprint density at radius 3 is 2.77 bits per heavy atom. The van der Waals surface area contributed by atoms with E-state index in [9.17, 15) is 0 Å². The highest BCUT2D eigenvalue weighted by molar-refractivity contribution is 5.77. The van der Waals surface area contributed by atoms with Crippen molar-refractivity contribution >= 4 is 17.0 Å². The summed E-state index contributed by atoms with van der Waals surface area (Å²) in [5.41, 5.74) is 10.1. The lowest BCUT2D eigenvalue weighted by Gasteiger charge is -2.29. The summed E-state index contributed by atoms with van der Waals surface area (Å²) in [7, 11) is 0. The van der Waals surface area contributed by atoms with Crippen LogP contribution in [0.1, 0.15) is 62.3 Å². The molecule has 0 atom stereocenters. The third-order valence-corrected chi connectivity index (χ3v) is 7.34. The molecule has 0 bridgehead atoms. The van der Waals surface area contributed by atoms with Crippen LogP contribution in [-0.4, -0.2) is 48.8 Å². The van der Waals surface area contributed by atoms with E-state index in [4.69, 9.17) is 15.2 Å². The standard InChI is InChI=1S/C26H32N8O/c27-21-10-12-33(13-11-21)16-20-9-14-34-23(20)25(28-17-29-34)30-22-8-4-7-19(15-22)24-31-26(35-32-24)18-5-2-1-3-6-18/h4,7-9,14-15,17-18,21H,1-3,5-6,10-13,16,27H2,(H,28,29,30). The molecule has 1 aliphatic carbocycles. The first-order valence-electron chi connectivity index (χ1n) is 12.7. The Morgan fingerprint density at radius 2 is 1.91 bits per heavy atom. The Kier molecular flexibility index (Phi) is 6.18. The zero-order valence-electron chi connectivity index (χ0n) is 19.9. The Hall–Kier alpha value is -3.30. The normalized spacial score (nSPS) is 18.3. The number of fused-ring (bicyclic) bond motifs is 1. The van der Waals surface area contributed by atoms with Gasteiger partial charge in [0.25, 0.3) is 0 Å². The Balaban J connectivity index is 1.23. The zero-order valence-corrected chi connectivity index (χ0v) is 19.9. The number of hydrogen-bond acceptors (Lipinski definition) is 8. The molecule has 182 valence electrons. The molecular weight excluding hydrogens is 440 g/mol. The molecule has 9 nitrogen and oxygen atoms in total. The van der Waals surface area contributed by atoms with Crippen molar-refractivity contribution in [2.24, 2.45) is 5.73 Å². The quantitative estimate of drug-likeness (QED) is 0.422. The molecule has 6 rings (SSSR count). The molecule has 0 amide bonds. The van der Waals surface area contributed by atoms with Gasteiger partial charge in [0.05, 0.1) is 0 Å². The molecule has 4 heterocycles. The summed E-state index contributed by atoms with van der Waals surface area (Å²) in [5.74, 6) is 2.58. The fourth-order valence-corrected chi connectivity index (χ4v) is 5.33. The minimum atomic E-state index is 0.322. The van der Waals surface area contributed by atoms with Gasteiger partial charge in [0.2, 0.25) is 11.7 Å². The molecule has 2 aliphatic rings. The van der Waals surface area contributed by atoms with Gasteiger partial charge in [0.1, 0.15) is 11.8 Å². The molecule has 35 heavy (non-hydrogen) atoms. The van der Waals surface area contributed by atoms with Crippen molar-refractivity contribution in [2.45, 2.75) is 63.5 Å². The molecule has 9 heteroatoms. The molecule has 2 fully saturated rings. The molecule has 1 saturated carbocycles. The lowest BCUT2D eigenvalue weighted by molar-refractivity contribution is 0.206. The lowest BCUT2D eigenvalue weighted by atomic mass is 9.89. The van der Waals surface area contributed by atoms with Gasteiger partial charge in [0.15, 0.2) is 5.82 Å². The maximum atomic E-state index is 6.09. The first kappa shape index (κ1) is 22.2. The number of hydrogen-bond donors (Lipinski definition) is 2.